The summed E-state index contributed by atoms with van der Waals surface area (Å²) >= 11 is 10.9. The largest absolute Gasteiger partial charge is 0.298 e. The highest BCUT2D eigenvalue weighted by Gasteiger charge is 2.20. The van der Waals surface area contributed by atoms with Crippen molar-refractivity contribution in [2.45, 2.75) is 6.92 Å². The topological polar surface area (TPSA) is 54.9 Å². The Morgan fingerprint density at radius 3 is 2.39 bits per heavy atom. The SMILES string of the molecule is Cc1c(-c2ccc(Cl)cc2)nc2ccccc2c1C(=O)Nc1nc(-c2ccc(Br)cc2)cs1. The molecule has 0 aliphatic carbocycles. The number of nitrogens with zero attached hydrogens (tertiary/aromatic N) is 2. The molecule has 0 bridgehead atoms. The molecule has 0 spiro atoms. The number of hydrogen-bond donors (Lipinski definition) is 1. The molecule has 0 aliphatic rings. The highest BCUT2D eigenvalue weighted by atomic mass is 79.9. The molecule has 162 valence electrons. The van der Waals surface area contributed by atoms with Crippen LogP contribution >= 0.6 is 38.9 Å². The molecule has 33 heavy (non-hydrogen) atoms. The van der Waals surface area contributed by atoms with Crippen molar-refractivity contribution in [3.05, 3.63) is 98.8 Å². The Hall–Kier alpha value is -3.06. The highest BCUT2D eigenvalue weighted by Crippen LogP contribution is 2.32. The molecule has 1 amide bonds. The predicted octanol–water partition coefficient (Wildman–Crippen LogP) is 8.00. The summed E-state index contributed by atoms with van der Waals surface area (Å²) in [6.07, 6.45) is 0. The lowest BCUT2D eigenvalue weighted by atomic mass is 9.97. The zero-order valence-electron chi connectivity index (χ0n) is 17.5. The first-order chi connectivity index (χ1) is 16.0. The van der Waals surface area contributed by atoms with Crippen LogP contribution in [0.1, 0.15) is 15.9 Å². The Labute approximate surface area is 208 Å². The van der Waals surface area contributed by atoms with Crippen LogP contribution in [0.3, 0.4) is 0 Å². The smallest absolute Gasteiger partial charge is 0.258 e. The number of benzene rings is 3. The van der Waals surface area contributed by atoms with E-state index in [1.165, 1.54) is 11.3 Å². The summed E-state index contributed by atoms with van der Waals surface area (Å²) in [4.78, 5) is 22.9. The number of aromatic nitrogens is 2. The molecule has 2 aromatic heterocycles. The van der Waals surface area contributed by atoms with E-state index in [2.05, 4.69) is 26.2 Å². The van der Waals surface area contributed by atoms with E-state index in [9.17, 15) is 4.79 Å². The van der Waals surface area contributed by atoms with Crippen molar-refractivity contribution in [1.29, 1.82) is 0 Å². The molecular formula is C26H17BrClN3OS. The third-order valence-corrected chi connectivity index (χ3v) is 6.88. The average Bonchev–Trinajstić information content (AvgIpc) is 3.28. The van der Waals surface area contributed by atoms with Crippen LogP contribution in [-0.4, -0.2) is 15.9 Å². The number of para-hydroxylation sites is 1. The van der Waals surface area contributed by atoms with Crippen LogP contribution in [0.2, 0.25) is 5.02 Å². The second-order valence-electron chi connectivity index (χ2n) is 7.48. The first-order valence-electron chi connectivity index (χ1n) is 10.2. The Kier molecular flexibility index (Phi) is 5.98. The zero-order valence-corrected chi connectivity index (χ0v) is 20.6. The van der Waals surface area contributed by atoms with E-state index in [-0.39, 0.29) is 5.91 Å². The molecular weight excluding hydrogens is 518 g/mol. The minimum Gasteiger partial charge on any atom is -0.298 e. The molecule has 2 heterocycles. The maximum absolute atomic E-state index is 13.5. The summed E-state index contributed by atoms with van der Waals surface area (Å²) in [6.45, 7) is 1.92. The second kappa shape index (κ2) is 9.06. The van der Waals surface area contributed by atoms with Gasteiger partial charge in [0.05, 0.1) is 22.5 Å². The summed E-state index contributed by atoms with van der Waals surface area (Å²) < 4.78 is 1.01. The van der Waals surface area contributed by atoms with Gasteiger partial charge in [-0.25, -0.2) is 9.97 Å². The van der Waals surface area contributed by atoms with Gasteiger partial charge in [-0.3, -0.25) is 10.1 Å². The van der Waals surface area contributed by atoms with E-state index in [1.54, 1.807) is 0 Å². The number of hydrogen-bond acceptors (Lipinski definition) is 4. The maximum atomic E-state index is 13.5. The van der Waals surface area contributed by atoms with Crippen LogP contribution in [0.5, 0.6) is 0 Å². The van der Waals surface area contributed by atoms with E-state index < -0.39 is 0 Å². The summed E-state index contributed by atoms with van der Waals surface area (Å²) in [5, 5.41) is 6.93. The van der Waals surface area contributed by atoms with Crippen molar-refractivity contribution in [2.24, 2.45) is 0 Å². The van der Waals surface area contributed by atoms with Gasteiger partial charge in [-0.05, 0) is 42.8 Å². The number of amides is 1. The van der Waals surface area contributed by atoms with Gasteiger partial charge in [0.2, 0.25) is 0 Å². The normalized spacial score (nSPS) is 11.0. The Morgan fingerprint density at radius 2 is 1.64 bits per heavy atom. The standard InChI is InChI=1S/C26H17BrClN3OS/c1-15-23(25(32)31-26-30-22(14-33-26)16-6-10-18(27)11-7-16)20-4-2-3-5-21(20)29-24(15)17-8-12-19(28)13-9-17/h2-14H,1H3,(H,30,31,32). The number of rotatable bonds is 4. The van der Waals surface area contributed by atoms with Crippen LogP contribution in [0, 0.1) is 6.92 Å². The Bertz CT molecular complexity index is 1480. The van der Waals surface area contributed by atoms with Gasteiger partial charge in [0, 0.05) is 31.4 Å². The van der Waals surface area contributed by atoms with E-state index in [4.69, 9.17) is 16.6 Å². The van der Waals surface area contributed by atoms with Crippen LogP contribution in [0.15, 0.2) is 82.6 Å². The van der Waals surface area contributed by atoms with Crippen LogP contribution in [0.25, 0.3) is 33.4 Å². The number of anilines is 1. The number of thiazole rings is 1. The maximum Gasteiger partial charge on any atom is 0.258 e. The third kappa shape index (κ3) is 4.42. The van der Waals surface area contributed by atoms with E-state index in [0.717, 1.165) is 43.5 Å². The molecule has 3 aromatic carbocycles. The fraction of sp³-hybridized carbons (Fsp3) is 0.0385. The minimum absolute atomic E-state index is 0.210. The molecule has 0 saturated carbocycles. The molecule has 7 heteroatoms. The lowest BCUT2D eigenvalue weighted by Crippen LogP contribution is -2.15. The van der Waals surface area contributed by atoms with Gasteiger partial charge in [-0.15, -0.1) is 11.3 Å². The molecule has 0 fully saturated rings. The van der Waals surface area contributed by atoms with E-state index in [0.29, 0.717) is 15.7 Å². The van der Waals surface area contributed by atoms with Gasteiger partial charge in [0.25, 0.3) is 5.91 Å². The molecule has 0 radical (unpaired) electrons. The summed E-state index contributed by atoms with van der Waals surface area (Å²) in [7, 11) is 0. The minimum atomic E-state index is -0.210. The van der Waals surface area contributed by atoms with Crippen LogP contribution < -0.4 is 5.32 Å². The lowest BCUT2D eigenvalue weighted by molar-refractivity contribution is 0.102. The van der Waals surface area contributed by atoms with Crippen LogP contribution in [0.4, 0.5) is 5.13 Å². The molecule has 0 aliphatic heterocycles. The third-order valence-electron chi connectivity index (χ3n) is 5.35. The lowest BCUT2D eigenvalue weighted by Gasteiger charge is -2.14. The summed E-state index contributed by atoms with van der Waals surface area (Å²) in [6, 6.07) is 23.1. The van der Waals surface area contributed by atoms with E-state index in [1.807, 2.05) is 85.1 Å². The molecule has 5 aromatic rings. The van der Waals surface area contributed by atoms with Crippen molar-refractivity contribution < 1.29 is 4.79 Å². The van der Waals surface area contributed by atoms with Gasteiger partial charge < -0.3 is 0 Å². The molecule has 1 N–H and O–H groups in total. The van der Waals surface area contributed by atoms with Gasteiger partial charge in [0.1, 0.15) is 0 Å². The van der Waals surface area contributed by atoms with Crippen molar-refractivity contribution in [3.8, 4) is 22.5 Å². The molecule has 4 nitrogen and oxygen atoms in total. The Balaban J connectivity index is 1.54. The average molecular weight is 535 g/mol. The number of fused-ring (bicyclic) bond motifs is 1. The van der Waals surface area contributed by atoms with E-state index >= 15 is 0 Å². The second-order valence-corrected chi connectivity index (χ2v) is 9.69. The number of nitrogens with one attached hydrogen (secondary N) is 1. The number of carbonyl (C=O) groups is 1. The zero-order chi connectivity index (χ0) is 22.9. The fourth-order valence-corrected chi connectivity index (χ4v) is 4.84. The van der Waals surface area contributed by atoms with Gasteiger partial charge >= 0.3 is 0 Å². The van der Waals surface area contributed by atoms with Crippen molar-refractivity contribution in [3.63, 3.8) is 0 Å². The fourth-order valence-electron chi connectivity index (χ4n) is 3.73. The van der Waals surface area contributed by atoms with Crippen molar-refractivity contribution >= 4 is 60.8 Å². The molecule has 5 rings (SSSR count). The van der Waals surface area contributed by atoms with Crippen LogP contribution in [-0.2, 0) is 0 Å². The number of carbonyl (C=O) groups excluding carboxylic acids is 1. The van der Waals surface area contributed by atoms with Crippen molar-refractivity contribution in [1.82, 2.24) is 9.97 Å². The predicted molar refractivity (Wildman–Crippen MR) is 140 cm³/mol. The quantitative estimate of drug-likeness (QED) is 0.254. The number of halogens is 2. The first kappa shape index (κ1) is 21.8. The highest BCUT2D eigenvalue weighted by molar-refractivity contribution is 9.10. The van der Waals surface area contributed by atoms with Gasteiger partial charge in [0.15, 0.2) is 5.13 Å². The molecule has 0 saturated heterocycles. The van der Waals surface area contributed by atoms with Gasteiger partial charge in [-0.2, -0.15) is 0 Å². The first-order valence-corrected chi connectivity index (χ1v) is 12.2. The molecule has 0 unspecified atom stereocenters. The molecule has 0 atom stereocenters. The summed E-state index contributed by atoms with van der Waals surface area (Å²) in [5.41, 5.74) is 5.62. The summed E-state index contributed by atoms with van der Waals surface area (Å²) in [5.74, 6) is -0.210. The number of pyridine rings is 1. The van der Waals surface area contributed by atoms with Gasteiger partial charge in [-0.1, -0.05) is 70.0 Å². The van der Waals surface area contributed by atoms with Crippen molar-refractivity contribution in [2.75, 3.05) is 5.32 Å². The Morgan fingerprint density at radius 1 is 0.939 bits per heavy atom. The monoisotopic (exact) mass is 533 g/mol.